The first-order valence-corrected chi connectivity index (χ1v) is 5.37. The van der Waals surface area contributed by atoms with Gasteiger partial charge in [0.2, 0.25) is 0 Å². The zero-order valence-electron chi connectivity index (χ0n) is 9.60. The van der Waals surface area contributed by atoms with Gasteiger partial charge in [0.1, 0.15) is 0 Å². The number of alkyl halides is 3. The molecular formula is C11H15F3N2. The van der Waals surface area contributed by atoms with E-state index in [1.807, 2.05) is 20.8 Å². The Hall–Kier alpha value is -1.00. The van der Waals surface area contributed by atoms with Crippen molar-refractivity contribution in [3.05, 3.63) is 17.5 Å². The van der Waals surface area contributed by atoms with E-state index in [0.717, 1.165) is 18.5 Å². The van der Waals surface area contributed by atoms with E-state index in [0.29, 0.717) is 0 Å². The Morgan fingerprint density at radius 3 is 2.19 bits per heavy atom. The van der Waals surface area contributed by atoms with Crippen LogP contribution in [-0.2, 0) is 11.7 Å². The molecule has 1 aliphatic carbocycles. The molecule has 1 fully saturated rings. The molecule has 0 saturated heterocycles. The molecule has 1 saturated carbocycles. The van der Waals surface area contributed by atoms with E-state index in [1.54, 1.807) is 0 Å². The van der Waals surface area contributed by atoms with E-state index in [2.05, 4.69) is 5.10 Å². The summed E-state index contributed by atoms with van der Waals surface area (Å²) in [6.45, 7) is 5.60. The van der Waals surface area contributed by atoms with Crippen LogP contribution in [0.5, 0.6) is 0 Å². The zero-order chi connectivity index (χ0) is 12.1. The molecule has 5 heteroatoms. The second-order valence-corrected chi connectivity index (χ2v) is 5.31. The van der Waals surface area contributed by atoms with Crippen molar-refractivity contribution < 1.29 is 13.2 Å². The molecule has 0 aromatic carbocycles. The van der Waals surface area contributed by atoms with Crippen molar-refractivity contribution in [1.82, 2.24) is 9.78 Å². The van der Waals surface area contributed by atoms with Gasteiger partial charge in [-0.3, -0.25) is 4.68 Å². The molecule has 1 heterocycles. The predicted molar refractivity (Wildman–Crippen MR) is 54.2 cm³/mol. The van der Waals surface area contributed by atoms with Crippen LogP contribution in [0.3, 0.4) is 0 Å². The number of hydrogen-bond donors (Lipinski definition) is 0. The van der Waals surface area contributed by atoms with Crippen molar-refractivity contribution in [3.63, 3.8) is 0 Å². The first-order valence-electron chi connectivity index (χ1n) is 5.37. The van der Waals surface area contributed by atoms with Crippen LogP contribution >= 0.6 is 0 Å². The fraction of sp³-hybridized carbons (Fsp3) is 0.727. The van der Waals surface area contributed by atoms with Gasteiger partial charge in [0, 0.05) is 11.6 Å². The maximum absolute atomic E-state index is 12.6. The Balaban J connectivity index is 2.46. The average molecular weight is 232 g/mol. The van der Waals surface area contributed by atoms with Gasteiger partial charge >= 0.3 is 6.18 Å². The molecule has 0 aliphatic heterocycles. The second-order valence-electron chi connectivity index (χ2n) is 5.31. The van der Waals surface area contributed by atoms with Crippen molar-refractivity contribution in [2.75, 3.05) is 0 Å². The van der Waals surface area contributed by atoms with E-state index in [4.69, 9.17) is 0 Å². The van der Waals surface area contributed by atoms with Gasteiger partial charge < -0.3 is 0 Å². The number of halogens is 3. The largest absolute Gasteiger partial charge is 0.435 e. The van der Waals surface area contributed by atoms with Crippen molar-refractivity contribution in [2.24, 2.45) is 0 Å². The van der Waals surface area contributed by atoms with E-state index in [-0.39, 0.29) is 5.92 Å². The normalized spacial score (nSPS) is 17.9. The average Bonchev–Trinajstić information content (AvgIpc) is 2.79. The lowest BCUT2D eigenvalue weighted by atomic mass is 10.1. The molecule has 1 aromatic rings. The Morgan fingerprint density at radius 2 is 1.81 bits per heavy atom. The molecule has 1 aliphatic rings. The summed E-state index contributed by atoms with van der Waals surface area (Å²) in [6.07, 6.45) is -2.40. The lowest BCUT2D eigenvalue weighted by Crippen LogP contribution is -2.25. The molecule has 0 unspecified atom stereocenters. The highest BCUT2D eigenvalue weighted by Crippen LogP contribution is 2.43. The summed E-state index contributed by atoms with van der Waals surface area (Å²) in [5.41, 5.74) is -0.453. The summed E-state index contributed by atoms with van der Waals surface area (Å²) >= 11 is 0. The lowest BCUT2D eigenvalue weighted by Gasteiger charge is -2.22. The Labute approximate surface area is 92.4 Å². The van der Waals surface area contributed by atoms with Crippen LogP contribution in [0.1, 0.15) is 50.9 Å². The van der Waals surface area contributed by atoms with Gasteiger partial charge in [-0.2, -0.15) is 18.3 Å². The third-order valence-electron chi connectivity index (χ3n) is 2.66. The van der Waals surface area contributed by atoms with Crippen LogP contribution in [0.2, 0.25) is 0 Å². The van der Waals surface area contributed by atoms with Crippen molar-refractivity contribution in [1.29, 1.82) is 0 Å². The SMILES string of the molecule is CC(C)(C)n1nc(C(F)(F)F)cc1C1CC1. The quantitative estimate of drug-likeness (QED) is 0.724. The zero-order valence-corrected chi connectivity index (χ0v) is 9.60. The number of nitrogens with zero attached hydrogens (tertiary/aromatic N) is 2. The first-order chi connectivity index (χ1) is 7.19. The van der Waals surface area contributed by atoms with E-state index in [1.165, 1.54) is 10.7 Å². The molecule has 1 aromatic heterocycles. The molecule has 0 bridgehead atoms. The molecule has 0 amide bonds. The molecule has 16 heavy (non-hydrogen) atoms. The van der Waals surface area contributed by atoms with Gasteiger partial charge in [-0.15, -0.1) is 0 Å². The molecule has 2 rings (SSSR count). The first kappa shape index (κ1) is 11.5. The van der Waals surface area contributed by atoms with Crippen LogP contribution in [0.4, 0.5) is 13.2 Å². The summed E-state index contributed by atoms with van der Waals surface area (Å²) in [7, 11) is 0. The minimum atomic E-state index is -4.35. The molecule has 0 N–H and O–H groups in total. The summed E-state index contributed by atoms with van der Waals surface area (Å²) in [5.74, 6) is 0.267. The summed E-state index contributed by atoms with van der Waals surface area (Å²) in [4.78, 5) is 0. The van der Waals surface area contributed by atoms with Gasteiger partial charge in [0.05, 0.1) is 5.54 Å². The van der Waals surface area contributed by atoms with E-state index in [9.17, 15) is 13.2 Å². The third-order valence-corrected chi connectivity index (χ3v) is 2.66. The fourth-order valence-corrected chi connectivity index (χ4v) is 1.74. The van der Waals surface area contributed by atoms with Crippen molar-refractivity contribution >= 4 is 0 Å². The van der Waals surface area contributed by atoms with Crippen LogP contribution in [0.25, 0.3) is 0 Å². The summed E-state index contributed by atoms with van der Waals surface area (Å²) in [5, 5.41) is 3.71. The van der Waals surface area contributed by atoms with E-state index >= 15 is 0 Å². The highest BCUT2D eigenvalue weighted by molar-refractivity contribution is 5.22. The van der Waals surface area contributed by atoms with Gasteiger partial charge in [0.15, 0.2) is 5.69 Å². The Morgan fingerprint density at radius 1 is 1.25 bits per heavy atom. The van der Waals surface area contributed by atoms with Crippen molar-refractivity contribution in [3.8, 4) is 0 Å². The van der Waals surface area contributed by atoms with E-state index < -0.39 is 17.4 Å². The maximum Gasteiger partial charge on any atom is 0.435 e. The second kappa shape index (κ2) is 3.25. The van der Waals surface area contributed by atoms with Gasteiger partial charge in [0.25, 0.3) is 0 Å². The highest BCUT2D eigenvalue weighted by Gasteiger charge is 2.39. The topological polar surface area (TPSA) is 17.8 Å². The fourth-order valence-electron chi connectivity index (χ4n) is 1.74. The molecule has 0 radical (unpaired) electrons. The number of hydrogen-bond acceptors (Lipinski definition) is 1. The van der Waals surface area contributed by atoms with Gasteiger partial charge in [-0.25, -0.2) is 0 Å². The number of rotatable bonds is 1. The molecule has 90 valence electrons. The van der Waals surface area contributed by atoms with Crippen LogP contribution in [0, 0.1) is 0 Å². The Kier molecular flexibility index (Phi) is 2.33. The van der Waals surface area contributed by atoms with Crippen LogP contribution in [0.15, 0.2) is 6.07 Å². The third kappa shape index (κ3) is 2.08. The minimum Gasteiger partial charge on any atom is -0.263 e. The smallest absolute Gasteiger partial charge is 0.263 e. The molecular weight excluding hydrogens is 217 g/mol. The molecule has 0 spiro atoms. The van der Waals surface area contributed by atoms with Gasteiger partial charge in [-0.1, -0.05) is 0 Å². The Bertz CT molecular complexity index is 394. The van der Waals surface area contributed by atoms with Crippen LogP contribution in [-0.4, -0.2) is 9.78 Å². The van der Waals surface area contributed by atoms with Gasteiger partial charge in [-0.05, 0) is 39.7 Å². The lowest BCUT2D eigenvalue weighted by molar-refractivity contribution is -0.141. The van der Waals surface area contributed by atoms with Crippen LogP contribution < -0.4 is 0 Å². The summed E-state index contributed by atoms with van der Waals surface area (Å²) < 4.78 is 39.3. The maximum atomic E-state index is 12.6. The molecule has 2 nitrogen and oxygen atoms in total. The molecule has 0 atom stereocenters. The predicted octanol–water partition coefficient (Wildman–Crippen LogP) is 3.53. The van der Waals surface area contributed by atoms with Crippen molar-refractivity contribution in [2.45, 2.75) is 51.2 Å². The minimum absolute atomic E-state index is 0.267. The standard InChI is InChI=1S/C11H15F3N2/c1-10(2,3)16-8(7-4-5-7)6-9(15-16)11(12,13)14/h6-7H,4-5H2,1-3H3. The number of aromatic nitrogens is 2. The summed E-state index contributed by atoms with van der Waals surface area (Å²) in [6, 6.07) is 1.20. The highest BCUT2D eigenvalue weighted by atomic mass is 19.4. The monoisotopic (exact) mass is 232 g/mol.